The van der Waals surface area contributed by atoms with Crippen LogP contribution < -0.4 is 44.8 Å². The number of anilines is 3. The molecule has 2 amide bonds. The Morgan fingerprint density at radius 3 is 1.83 bits per heavy atom. The molecule has 3 aliphatic carbocycles. The molecule has 4 atom stereocenters. The first-order chi connectivity index (χ1) is 60.0. The van der Waals surface area contributed by atoms with Crippen molar-refractivity contribution in [1.82, 2.24) is 9.48 Å². The normalized spacial score (nSPS) is 21.4. The molecule has 4 aromatic rings. The number of amides is 2. The number of aliphatic carboxylic acids is 2. The van der Waals surface area contributed by atoms with Gasteiger partial charge in [0.05, 0.1) is 59.1 Å². The van der Waals surface area contributed by atoms with Crippen molar-refractivity contribution >= 4 is 122 Å². The number of nitrogens with one attached hydrogen (secondary N) is 1. The number of carbonyl (C=O) groups excluding carboxylic acids is 8. The van der Waals surface area contributed by atoms with Gasteiger partial charge < -0.3 is 64.5 Å². The van der Waals surface area contributed by atoms with Crippen molar-refractivity contribution in [1.29, 1.82) is 0 Å². The van der Waals surface area contributed by atoms with E-state index in [4.69, 9.17) is 28.5 Å². The summed E-state index contributed by atoms with van der Waals surface area (Å²) >= 11 is 1.94. The standard InChI is InChI=1S/C53H64N2O10.C46H62N4O8S2.CO2/c1-30(56)31-13-14-32(33(27-31)48(59)60)49(61)65-26-12-25-64-47-35(29-37-43-41(47)53(8,9)18-22-55(43)20-16-51(37,4)5)39-44(57)38(45(39)58)34-28-36-42-40(46(34)63-24-11-23-62-10)52(6,7)17-21-54(42)19-15-50(36,2)3;1-13-14-16-35(51)47-31-21-33-29(45(8,9)25(6)49(33)23(2)3)19-27(31)37-39(53)38(40(37)54)28-20-30-34(50(24(4)5)26(7)46(30,10)11)22-32(28)48-36(52)17-15-18-60-42(44(57)58)41(59-12)43(55)56;2-1-3/h13-14,27-29H,11-12,15-26H2,1-10H3,(H-,57,58,59,60);19-26,41-42,53H,13-18H2,1-12H3,(H,48,52)(H,55,56)(H,57,58);. The lowest BCUT2D eigenvalue weighted by Gasteiger charge is -2.49. The highest BCUT2D eigenvalue weighted by Crippen LogP contribution is 2.58. The summed E-state index contributed by atoms with van der Waals surface area (Å²) in [6.45, 7) is 46.9. The van der Waals surface area contributed by atoms with Crippen molar-refractivity contribution < 1.29 is 97.2 Å². The zero-order valence-electron chi connectivity index (χ0n) is 78.2. The zero-order valence-corrected chi connectivity index (χ0v) is 79.8. The third-order valence-corrected chi connectivity index (χ3v) is 30.1. The quantitative estimate of drug-likeness (QED) is 0.0106. The Bertz CT molecular complexity index is 5600. The number of methoxy groups -OCH3 is 1. The van der Waals surface area contributed by atoms with Gasteiger partial charge in [0.25, 0.3) is 0 Å². The number of hydrogen-bond acceptors (Lipinski definition) is 22. The number of carbonyl (C=O) groups is 9. The Labute approximate surface area is 758 Å². The molecule has 0 bridgehead atoms. The minimum Gasteiger partial charge on any atom is -0.871 e. The molecule has 4 unspecified atom stereocenters. The van der Waals surface area contributed by atoms with Gasteiger partial charge in [-0.25, -0.2) is 19.2 Å². The van der Waals surface area contributed by atoms with Crippen molar-refractivity contribution in [2.75, 3.05) is 86.8 Å². The predicted octanol–water partition coefficient (Wildman–Crippen LogP) is 14.1. The van der Waals surface area contributed by atoms with E-state index in [1.807, 2.05) is 37.3 Å². The lowest BCUT2D eigenvalue weighted by molar-refractivity contribution is -0.293. The van der Waals surface area contributed by atoms with Crippen LogP contribution in [0.1, 0.15) is 279 Å². The molecule has 0 aromatic heterocycles. The second kappa shape index (κ2) is 38.3. The number of esters is 1. The Balaban J connectivity index is 0.000000242. The predicted molar refractivity (Wildman–Crippen MR) is 495 cm³/mol. The number of carboxylic acids is 3. The van der Waals surface area contributed by atoms with E-state index in [1.54, 1.807) is 13.4 Å². The number of hydrogen-bond donors (Lipinski definition) is 5. The van der Waals surface area contributed by atoms with Gasteiger partial charge >= 0.3 is 30.0 Å². The van der Waals surface area contributed by atoms with Crippen LogP contribution in [0.15, 0.2) is 93.5 Å². The van der Waals surface area contributed by atoms with E-state index < -0.39 is 40.2 Å². The molecule has 0 radical (unpaired) electrons. The number of allylic oxidation sites excluding steroid dienone is 8. The summed E-state index contributed by atoms with van der Waals surface area (Å²) in [5.74, 6) is -5.61. The van der Waals surface area contributed by atoms with Crippen LogP contribution in [0.2, 0.25) is 0 Å². The number of unbranched alkanes of at least 4 members (excludes halogenated alkanes) is 1. The van der Waals surface area contributed by atoms with Crippen LogP contribution in [0.3, 0.4) is 0 Å². The molecule has 1 fully saturated rings. The molecule has 28 heteroatoms. The number of ether oxygens (including phenoxy) is 4. The van der Waals surface area contributed by atoms with E-state index in [9.17, 15) is 58.8 Å². The van der Waals surface area contributed by atoms with E-state index >= 15 is 9.90 Å². The van der Waals surface area contributed by atoms with E-state index in [0.717, 1.165) is 132 Å². The van der Waals surface area contributed by atoms with Crippen LogP contribution in [0, 0.1) is 5.41 Å². The Morgan fingerprint density at radius 2 is 1.24 bits per heavy atom. The molecule has 0 spiro atoms. The number of fused-ring (bicyclic) bond motifs is 2. The van der Waals surface area contributed by atoms with Crippen LogP contribution >= 0.6 is 23.5 Å². The molecule has 26 nitrogen and oxygen atoms in total. The number of rotatable bonds is 30. The maximum absolute atomic E-state index is 15.1. The smallest absolute Gasteiger partial charge is 0.373 e. The van der Waals surface area contributed by atoms with Crippen molar-refractivity contribution in [2.24, 2.45) is 10.4 Å². The number of aliphatic imine (C=N–C) groups is 1. The number of aliphatic hydroxyl groups is 1. The van der Waals surface area contributed by atoms with Crippen molar-refractivity contribution in [3.05, 3.63) is 155 Å². The number of aromatic carboxylic acids is 1. The Hall–Kier alpha value is -10.4. The number of thioether (sulfide) groups is 2. The van der Waals surface area contributed by atoms with Crippen LogP contribution in [0.25, 0.3) is 16.7 Å². The highest BCUT2D eigenvalue weighted by Gasteiger charge is 2.52. The second-order valence-corrected chi connectivity index (χ2v) is 41.3. The SMILES string of the molecule is CCCCC(=O)N=C1C=C2C(=CC1=C1C(=O)C(c3cc4c(cc3NC(=O)CCCSC(C(=O)O)C(SC)C(=O)O)N(C(C)C)C(C)C4(C)C)=C1O)C(C)(C)C(C)N2C(C)C.COCCCOc1c(C2=C([O-])C(=c3cc4c5c(c3OCCCOC(=O)c3ccc(C(C)=O)cc3C(=O)O)C(C)(C)CC[N+]=5CCC4(C)C)C2=O)cc2c3c1C(C)(C)CCN3CCC2(C)C.O=C=O. The monoisotopic (exact) mass is 1790 g/mol. The van der Waals surface area contributed by atoms with Gasteiger partial charge in [-0.2, -0.15) is 9.59 Å². The highest BCUT2D eigenvalue weighted by molar-refractivity contribution is 8.04. The van der Waals surface area contributed by atoms with Crippen molar-refractivity contribution in [3.63, 3.8) is 0 Å². The maximum atomic E-state index is 15.1. The molecule has 688 valence electrons. The van der Waals surface area contributed by atoms with Gasteiger partial charge in [0, 0.05) is 178 Å². The van der Waals surface area contributed by atoms with Crippen LogP contribution in [0.5, 0.6) is 11.5 Å². The van der Waals surface area contributed by atoms with Gasteiger partial charge in [-0.3, -0.25) is 33.6 Å². The van der Waals surface area contributed by atoms with Gasteiger partial charge in [0.15, 0.2) is 11.6 Å². The molecule has 1 saturated heterocycles. The summed E-state index contributed by atoms with van der Waals surface area (Å²) < 4.78 is 26.8. The number of aliphatic hydroxyl groups excluding tert-OH is 1. The summed E-state index contributed by atoms with van der Waals surface area (Å²) in [4.78, 5) is 145. The number of benzene rings is 4. The molecule has 5 N–H and O–H groups in total. The van der Waals surface area contributed by atoms with Gasteiger partial charge in [0.2, 0.25) is 23.0 Å². The lowest BCUT2D eigenvalue weighted by atomic mass is 9.67. The minimum absolute atomic E-state index is 0.00661. The Morgan fingerprint density at radius 1 is 0.656 bits per heavy atom. The molecule has 128 heavy (non-hydrogen) atoms. The summed E-state index contributed by atoms with van der Waals surface area (Å²) in [6.07, 6.45) is 12.1. The van der Waals surface area contributed by atoms with Crippen molar-refractivity contribution in [2.45, 2.75) is 271 Å². The fourth-order valence-corrected chi connectivity index (χ4v) is 21.7. The maximum Gasteiger partial charge on any atom is 0.373 e. The van der Waals surface area contributed by atoms with Crippen LogP contribution in [0.4, 0.5) is 17.1 Å². The number of ketones is 3. The number of carboxylic acid groups (broad SMARTS) is 3. The summed E-state index contributed by atoms with van der Waals surface area (Å²) in [5, 5.41) is 58.5. The number of likely N-dealkylation sites (tertiary alicyclic amines) is 1. The molecule has 0 saturated carbocycles. The first-order valence-corrected chi connectivity index (χ1v) is 46.9. The number of Topliss-reactive ketones (excluding diaryl/α,β-unsaturated/α-hetero) is 3. The van der Waals surface area contributed by atoms with Crippen molar-refractivity contribution in [3.8, 4) is 11.5 Å². The minimum atomic E-state index is -1.35. The van der Waals surface area contributed by atoms with Crippen LogP contribution in [-0.2, 0) is 74.9 Å². The first kappa shape index (κ1) is 98.2. The van der Waals surface area contributed by atoms with Gasteiger partial charge in [0.1, 0.15) is 40.8 Å². The van der Waals surface area contributed by atoms with E-state index in [2.05, 4.69) is 160 Å². The largest absolute Gasteiger partial charge is 0.871 e. The topological polar surface area (TPSA) is 366 Å². The van der Waals surface area contributed by atoms with Gasteiger partial charge in [-0.1, -0.05) is 108 Å². The van der Waals surface area contributed by atoms with Gasteiger partial charge in [-0.15, -0.1) is 23.5 Å². The average molecular weight is 1800 g/mol. The summed E-state index contributed by atoms with van der Waals surface area (Å²) in [5.41, 5.74) is 9.53. The first-order valence-electron chi connectivity index (χ1n) is 44.6. The van der Waals surface area contributed by atoms with E-state index in [0.29, 0.717) is 70.9 Å². The molecule has 6 heterocycles. The van der Waals surface area contributed by atoms with Gasteiger partial charge in [-0.05, 0) is 162 Å². The Kier molecular flexibility index (Phi) is 29.4. The second-order valence-electron chi connectivity index (χ2n) is 39.1. The molecule has 4 aromatic carbocycles. The third-order valence-electron chi connectivity index (χ3n) is 27.6. The molecule has 13 rings (SSSR count). The van der Waals surface area contributed by atoms with E-state index in [-0.39, 0.29) is 181 Å². The summed E-state index contributed by atoms with van der Waals surface area (Å²) in [6, 6.07) is 12.2. The fraction of sp³-hybridized carbons (Fsp3) is 0.540. The lowest BCUT2D eigenvalue weighted by Crippen LogP contribution is -2.54. The molecule has 6 aliphatic heterocycles. The highest BCUT2D eigenvalue weighted by atomic mass is 32.2. The molecular weight excluding hydrogens is 1670 g/mol. The average Bonchev–Trinajstić information content (AvgIpc) is 0.891. The molecular formula is C100H126N6O20S2. The fourth-order valence-electron chi connectivity index (χ4n) is 19.6. The molecule has 9 aliphatic rings. The summed E-state index contributed by atoms with van der Waals surface area (Å²) in [7, 11) is 1.66. The zero-order chi connectivity index (χ0) is 94.4. The third kappa shape index (κ3) is 18.6. The van der Waals surface area contributed by atoms with E-state index in [1.165, 1.54) is 30.8 Å². The van der Waals surface area contributed by atoms with Crippen LogP contribution in [-0.4, -0.2) is 197 Å². The number of nitrogens with zero attached hydrogens (tertiary/aromatic N) is 5.